The van der Waals surface area contributed by atoms with Gasteiger partial charge in [0.25, 0.3) is 0 Å². The van der Waals surface area contributed by atoms with Gasteiger partial charge in [-0.05, 0) is 61.0 Å². The zero-order valence-electron chi connectivity index (χ0n) is 12.5. The second-order valence-corrected chi connectivity index (χ2v) is 8.17. The molecule has 21 heavy (non-hydrogen) atoms. The Bertz CT molecular complexity index is 631. The first kappa shape index (κ1) is 16.5. The molecule has 2 aromatic rings. The number of hydrogen-bond donors (Lipinski definition) is 1. The molecule has 0 aliphatic carbocycles. The first-order chi connectivity index (χ1) is 9.85. The molecule has 0 saturated heterocycles. The van der Waals surface area contributed by atoms with Gasteiger partial charge in [0.05, 0.1) is 28.0 Å². The van der Waals surface area contributed by atoms with E-state index in [1.54, 1.807) is 0 Å². The maximum Gasteiger partial charge on any atom is 0.118 e. The van der Waals surface area contributed by atoms with Crippen LogP contribution < -0.4 is 5.32 Å². The van der Waals surface area contributed by atoms with Crippen molar-refractivity contribution in [3.05, 3.63) is 52.4 Å². The van der Waals surface area contributed by atoms with E-state index in [9.17, 15) is 4.21 Å². The average molecular weight is 370 g/mol. The molecule has 3 nitrogen and oxygen atoms in total. The number of furan rings is 1. The van der Waals surface area contributed by atoms with Crippen molar-refractivity contribution in [3.8, 4) is 0 Å². The van der Waals surface area contributed by atoms with Gasteiger partial charge in [0, 0.05) is 10.0 Å². The van der Waals surface area contributed by atoms with Gasteiger partial charge in [-0.15, -0.1) is 0 Å². The Kier molecular flexibility index (Phi) is 5.41. The van der Waals surface area contributed by atoms with Crippen molar-refractivity contribution in [2.24, 2.45) is 0 Å². The number of hydrogen-bond acceptors (Lipinski definition) is 3. The fourth-order valence-electron chi connectivity index (χ4n) is 1.78. The minimum atomic E-state index is -1.11. The summed E-state index contributed by atoms with van der Waals surface area (Å²) in [5, 5.41) is 3.37. The Morgan fingerprint density at radius 2 is 1.81 bits per heavy atom. The van der Waals surface area contributed by atoms with E-state index in [0.29, 0.717) is 12.3 Å². The van der Waals surface area contributed by atoms with Gasteiger partial charge in [-0.25, -0.2) is 0 Å². The van der Waals surface area contributed by atoms with Crippen LogP contribution in [-0.2, 0) is 23.1 Å². The molecule has 1 unspecified atom stereocenters. The third-order valence-electron chi connectivity index (χ3n) is 2.87. The SMILES string of the molecule is CC(C)(C)NCc1ccc(CS(=O)c2ccccc2Br)o1. The summed E-state index contributed by atoms with van der Waals surface area (Å²) in [6, 6.07) is 11.4. The Morgan fingerprint density at radius 3 is 2.48 bits per heavy atom. The lowest BCUT2D eigenvalue weighted by Crippen LogP contribution is -2.34. The van der Waals surface area contributed by atoms with E-state index in [-0.39, 0.29) is 5.54 Å². The fraction of sp³-hybridized carbons (Fsp3) is 0.375. The van der Waals surface area contributed by atoms with E-state index < -0.39 is 10.8 Å². The van der Waals surface area contributed by atoms with Crippen LogP contribution in [0.25, 0.3) is 0 Å². The highest BCUT2D eigenvalue weighted by atomic mass is 79.9. The molecule has 114 valence electrons. The molecule has 0 bridgehead atoms. The molecule has 1 N–H and O–H groups in total. The topological polar surface area (TPSA) is 42.2 Å². The molecular weight excluding hydrogens is 350 g/mol. The van der Waals surface area contributed by atoms with Crippen molar-refractivity contribution >= 4 is 26.7 Å². The summed E-state index contributed by atoms with van der Waals surface area (Å²) < 4.78 is 19.0. The quantitative estimate of drug-likeness (QED) is 0.856. The van der Waals surface area contributed by atoms with Gasteiger partial charge in [0.2, 0.25) is 0 Å². The second-order valence-electron chi connectivity index (χ2n) is 5.89. The van der Waals surface area contributed by atoms with Gasteiger partial charge in [0.15, 0.2) is 0 Å². The van der Waals surface area contributed by atoms with Crippen LogP contribution in [0.1, 0.15) is 32.3 Å². The third-order valence-corrected chi connectivity index (χ3v) is 5.21. The van der Waals surface area contributed by atoms with E-state index >= 15 is 0 Å². The molecule has 1 atom stereocenters. The summed E-state index contributed by atoms with van der Waals surface area (Å²) in [6.45, 7) is 7.00. The van der Waals surface area contributed by atoms with Crippen LogP contribution in [0.15, 0.2) is 50.2 Å². The molecule has 0 radical (unpaired) electrons. The zero-order chi connectivity index (χ0) is 15.5. The lowest BCUT2D eigenvalue weighted by Gasteiger charge is -2.19. The van der Waals surface area contributed by atoms with E-state index in [4.69, 9.17) is 4.42 Å². The molecule has 1 heterocycles. The largest absolute Gasteiger partial charge is 0.464 e. The molecule has 0 fully saturated rings. The van der Waals surface area contributed by atoms with Crippen molar-refractivity contribution in [1.29, 1.82) is 0 Å². The van der Waals surface area contributed by atoms with Gasteiger partial charge in [0.1, 0.15) is 11.5 Å². The van der Waals surface area contributed by atoms with Crippen LogP contribution in [0.3, 0.4) is 0 Å². The van der Waals surface area contributed by atoms with Crippen LogP contribution >= 0.6 is 15.9 Å². The van der Waals surface area contributed by atoms with Crippen molar-refractivity contribution in [2.75, 3.05) is 0 Å². The average Bonchev–Trinajstić information content (AvgIpc) is 2.83. The van der Waals surface area contributed by atoms with Crippen LogP contribution in [0.5, 0.6) is 0 Å². The predicted octanol–water partition coefficient (Wildman–Crippen LogP) is 4.24. The van der Waals surface area contributed by atoms with Crippen molar-refractivity contribution in [2.45, 2.75) is 43.5 Å². The van der Waals surface area contributed by atoms with Crippen LogP contribution in [-0.4, -0.2) is 9.75 Å². The Morgan fingerprint density at radius 1 is 1.14 bits per heavy atom. The maximum absolute atomic E-state index is 12.4. The summed E-state index contributed by atoms with van der Waals surface area (Å²) in [4.78, 5) is 0.795. The summed E-state index contributed by atoms with van der Waals surface area (Å²) in [6.07, 6.45) is 0. The number of rotatable bonds is 5. The highest BCUT2D eigenvalue weighted by Crippen LogP contribution is 2.22. The normalized spacial score (nSPS) is 13.3. The molecule has 0 saturated carbocycles. The van der Waals surface area contributed by atoms with Crippen molar-refractivity contribution in [3.63, 3.8) is 0 Å². The smallest absolute Gasteiger partial charge is 0.118 e. The molecule has 1 aromatic carbocycles. The summed E-state index contributed by atoms with van der Waals surface area (Å²) in [5.41, 5.74) is 0.0463. The van der Waals surface area contributed by atoms with Crippen LogP contribution in [0, 0.1) is 0 Å². The fourth-order valence-corrected chi connectivity index (χ4v) is 3.69. The predicted molar refractivity (Wildman–Crippen MR) is 89.6 cm³/mol. The van der Waals surface area contributed by atoms with Gasteiger partial charge in [-0.2, -0.15) is 0 Å². The molecule has 0 aliphatic rings. The number of benzene rings is 1. The minimum Gasteiger partial charge on any atom is -0.464 e. The molecule has 0 aliphatic heterocycles. The van der Waals surface area contributed by atoms with Crippen molar-refractivity contribution < 1.29 is 8.63 Å². The van der Waals surface area contributed by atoms with Gasteiger partial charge in [-0.1, -0.05) is 12.1 Å². The Hall–Kier alpha value is -0.910. The van der Waals surface area contributed by atoms with E-state index in [1.807, 2.05) is 36.4 Å². The maximum atomic E-state index is 12.4. The third kappa shape index (κ3) is 5.09. The molecule has 0 spiro atoms. The van der Waals surface area contributed by atoms with Gasteiger partial charge in [-0.3, -0.25) is 4.21 Å². The summed E-state index contributed by atoms with van der Waals surface area (Å²) in [5.74, 6) is 2.00. The molecule has 0 amide bonds. The van der Waals surface area contributed by atoms with E-state index in [0.717, 1.165) is 20.9 Å². The zero-order valence-corrected chi connectivity index (χ0v) is 14.9. The Balaban J connectivity index is 1.99. The monoisotopic (exact) mass is 369 g/mol. The van der Waals surface area contributed by atoms with Crippen LogP contribution in [0.2, 0.25) is 0 Å². The van der Waals surface area contributed by atoms with Crippen LogP contribution in [0.4, 0.5) is 0 Å². The van der Waals surface area contributed by atoms with Gasteiger partial charge < -0.3 is 9.73 Å². The standard InChI is InChI=1S/C16H20BrNO2S/c1-16(2,3)18-10-12-8-9-13(20-12)11-21(19)15-7-5-4-6-14(15)17/h4-9,18H,10-11H2,1-3H3. The lowest BCUT2D eigenvalue weighted by molar-refractivity contribution is 0.382. The lowest BCUT2D eigenvalue weighted by atomic mass is 10.1. The second kappa shape index (κ2) is 6.90. The minimum absolute atomic E-state index is 0.0463. The van der Waals surface area contributed by atoms with Gasteiger partial charge >= 0.3 is 0 Å². The number of nitrogens with one attached hydrogen (secondary N) is 1. The summed E-state index contributed by atoms with van der Waals surface area (Å²) >= 11 is 3.43. The Labute approximate surface area is 136 Å². The van der Waals surface area contributed by atoms with E-state index in [2.05, 4.69) is 42.0 Å². The highest BCUT2D eigenvalue weighted by Gasteiger charge is 2.13. The first-order valence-electron chi connectivity index (χ1n) is 6.81. The summed E-state index contributed by atoms with van der Waals surface area (Å²) in [7, 11) is -1.11. The first-order valence-corrected chi connectivity index (χ1v) is 8.92. The van der Waals surface area contributed by atoms with Crippen molar-refractivity contribution in [1.82, 2.24) is 5.32 Å². The molecule has 1 aromatic heterocycles. The molecular formula is C16H20BrNO2S. The highest BCUT2D eigenvalue weighted by molar-refractivity contribution is 9.10. The molecule has 5 heteroatoms. The van der Waals surface area contributed by atoms with E-state index in [1.165, 1.54) is 0 Å². The molecule has 2 rings (SSSR count). The number of halogens is 1.